The third-order valence-electron chi connectivity index (χ3n) is 3.08. The first-order chi connectivity index (χ1) is 8.72. The maximum absolute atomic E-state index is 5.79. The van der Waals surface area contributed by atoms with Crippen molar-refractivity contribution >= 4 is 0 Å². The van der Waals surface area contributed by atoms with Gasteiger partial charge in [-0.1, -0.05) is 37.8 Å². The van der Waals surface area contributed by atoms with Crippen molar-refractivity contribution in [3.8, 4) is 0 Å². The molecule has 108 valence electrons. The summed E-state index contributed by atoms with van der Waals surface area (Å²) in [6, 6.07) is 10.2. The molecular formula is C15H25NO3. The van der Waals surface area contributed by atoms with Gasteiger partial charge in [0.25, 0.3) is 0 Å². The minimum Gasteiger partial charge on any atom is -0.374 e. The lowest BCUT2D eigenvalue weighted by atomic mass is 10.1. The molecule has 1 aliphatic rings. The largest absolute Gasteiger partial charge is 0.374 e. The van der Waals surface area contributed by atoms with Crippen molar-refractivity contribution in [1.29, 1.82) is 0 Å². The third kappa shape index (κ3) is 4.91. The molecule has 1 saturated heterocycles. The van der Waals surface area contributed by atoms with E-state index in [1.54, 1.807) is 7.11 Å². The molecule has 0 N–H and O–H groups in total. The highest BCUT2D eigenvalue weighted by atomic mass is 16.7. The molecule has 1 aromatic rings. The van der Waals surface area contributed by atoms with Crippen LogP contribution < -0.4 is 0 Å². The SMILES string of the molecule is C.CON1CCOC(C)(COCc2ccccc2)C1. The number of hydrogen-bond donors (Lipinski definition) is 0. The molecule has 4 nitrogen and oxygen atoms in total. The molecular weight excluding hydrogens is 242 g/mol. The van der Waals surface area contributed by atoms with E-state index in [-0.39, 0.29) is 13.0 Å². The van der Waals surface area contributed by atoms with Gasteiger partial charge in [-0.25, -0.2) is 0 Å². The summed E-state index contributed by atoms with van der Waals surface area (Å²) in [5.74, 6) is 0. The van der Waals surface area contributed by atoms with E-state index in [4.69, 9.17) is 14.3 Å². The first-order valence-corrected chi connectivity index (χ1v) is 6.26. The van der Waals surface area contributed by atoms with Crippen LogP contribution in [0.5, 0.6) is 0 Å². The van der Waals surface area contributed by atoms with Gasteiger partial charge in [0.1, 0.15) is 5.60 Å². The van der Waals surface area contributed by atoms with Crippen LogP contribution in [0.4, 0.5) is 0 Å². The summed E-state index contributed by atoms with van der Waals surface area (Å²) in [7, 11) is 1.69. The van der Waals surface area contributed by atoms with Crippen molar-refractivity contribution in [1.82, 2.24) is 5.06 Å². The summed E-state index contributed by atoms with van der Waals surface area (Å²) < 4.78 is 11.5. The molecule has 0 spiro atoms. The van der Waals surface area contributed by atoms with Crippen LogP contribution >= 0.6 is 0 Å². The summed E-state index contributed by atoms with van der Waals surface area (Å²) in [5, 5.41) is 1.91. The zero-order valence-corrected chi connectivity index (χ0v) is 11.1. The number of hydroxylamine groups is 2. The fourth-order valence-electron chi connectivity index (χ4n) is 2.09. The number of benzene rings is 1. The average molecular weight is 267 g/mol. The summed E-state index contributed by atoms with van der Waals surface area (Å²) in [6.45, 7) is 5.47. The molecule has 1 aromatic carbocycles. The Morgan fingerprint density at radius 2 is 2.05 bits per heavy atom. The maximum Gasteiger partial charge on any atom is 0.104 e. The van der Waals surface area contributed by atoms with Gasteiger partial charge >= 0.3 is 0 Å². The van der Waals surface area contributed by atoms with Crippen LogP contribution in [-0.2, 0) is 20.9 Å². The Labute approximate surface area is 116 Å². The summed E-state index contributed by atoms with van der Waals surface area (Å²) >= 11 is 0. The van der Waals surface area contributed by atoms with Gasteiger partial charge in [0, 0.05) is 6.54 Å². The van der Waals surface area contributed by atoms with E-state index >= 15 is 0 Å². The Balaban J connectivity index is 0.00000180. The topological polar surface area (TPSA) is 30.9 Å². The number of nitrogens with zero attached hydrogens (tertiary/aromatic N) is 1. The smallest absolute Gasteiger partial charge is 0.104 e. The monoisotopic (exact) mass is 267 g/mol. The fourth-order valence-corrected chi connectivity index (χ4v) is 2.09. The van der Waals surface area contributed by atoms with Crippen molar-refractivity contribution in [3.63, 3.8) is 0 Å². The molecule has 1 heterocycles. The van der Waals surface area contributed by atoms with Gasteiger partial charge in [-0.2, -0.15) is 5.06 Å². The number of morpholine rings is 1. The lowest BCUT2D eigenvalue weighted by Crippen LogP contribution is -2.52. The predicted molar refractivity (Wildman–Crippen MR) is 75.8 cm³/mol. The Hall–Kier alpha value is -0.940. The van der Waals surface area contributed by atoms with Crippen LogP contribution in [0.25, 0.3) is 0 Å². The second-order valence-corrected chi connectivity index (χ2v) is 4.82. The van der Waals surface area contributed by atoms with E-state index < -0.39 is 0 Å². The molecule has 0 saturated carbocycles. The molecule has 0 radical (unpaired) electrons. The summed E-state index contributed by atoms with van der Waals surface area (Å²) in [4.78, 5) is 5.25. The molecule has 0 aliphatic carbocycles. The lowest BCUT2D eigenvalue weighted by molar-refractivity contribution is -0.232. The van der Waals surface area contributed by atoms with Gasteiger partial charge in [0.15, 0.2) is 0 Å². The van der Waals surface area contributed by atoms with Crippen LogP contribution in [0.3, 0.4) is 0 Å². The molecule has 0 amide bonds. The molecule has 4 heteroatoms. The van der Waals surface area contributed by atoms with E-state index in [0.717, 1.165) is 13.1 Å². The van der Waals surface area contributed by atoms with Crippen LogP contribution in [-0.4, -0.2) is 44.1 Å². The average Bonchev–Trinajstić information content (AvgIpc) is 2.40. The molecule has 1 unspecified atom stereocenters. The Kier molecular flexibility index (Phi) is 6.45. The van der Waals surface area contributed by atoms with Crippen LogP contribution in [0, 0.1) is 0 Å². The maximum atomic E-state index is 5.79. The van der Waals surface area contributed by atoms with Gasteiger partial charge in [-0.3, -0.25) is 0 Å². The number of hydrogen-bond acceptors (Lipinski definition) is 4. The summed E-state index contributed by atoms with van der Waals surface area (Å²) in [6.07, 6.45) is 0. The lowest BCUT2D eigenvalue weighted by Gasteiger charge is -2.38. The van der Waals surface area contributed by atoms with Crippen molar-refractivity contribution in [3.05, 3.63) is 35.9 Å². The highest BCUT2D eigenvalue weighted by Crippen LogP contribution is 2.18. The third-order valence-corrected chi connectivity index (χ3v) is 3.08. The van der Waals surface area contributed by atoms with E-state index in [0.29, 0.717) is 19.8 Å². The van der Waals surface area contributed by atoms with Gasteiger partial charge in [0.05, 0.1) is 33.5 Å². The zero-order chi connectivity index (χ0) is 12.8. The molecule has 1 fully saturated rings. The van der Waals surface area contributed by atoms with Gasteiger partial charge in [0.2, 0.25) is 0 Å². The zero-order valence-electron chi connectivity index (χ0n) is 11.1. The standard InChI is InChI=1S/C14H21NO3.CH4/c1-14(11-15(16-2)8-9-18-14)12-17-10-13-6-4-3-5-7-13;/h3-7H,8-12H2,1-2H3;1H4. The molecule has 1 atom stereocenters. The number of rotatable bonds is 5. The van der Waals surface area contributed by atoms with E-state index in [9.17, 15) is 0 Å². The Morgan fingerprint density at radius 3 is 2.74 bits per heavy atom. The van der Waals surface area contributed by atoms with E-state index in [1.807, 2.05) is 23.3 Å². The summed E-state index contributed by atoms with van der Waals surface area (Å²) in [5.41, 5.74) is 0.892. The minimum absolute atomic E-state index is 0. The van der Waals surface area contributed by atoms with Crippen LogP contribution in [0.1, 0.15) is 19.9 Å². The van der Waals surface area contributed by atoms with E-state index in [1.165, 1.54) is 5.56 Å². The fraction of sp³-hybridized carbons (Fsp3) is 0.600. The first-order valence-electron chi connectivity index (χ1n) is 6.26. The Bertz CT molecular complexity index is 358. The quantitative estimate of drug-likeness (QED) is 0.820. The first kappa shape index (κ1) is 16.1. The molecule has 19 heavy (non-hydrogen) atoms. The molecule has 2 rings (SSSR count). The highest BCUT2D eigenvalue weighted by Gasteiger charge is 2.32. The number of ether oxygens (including phenoxy) is 2. The Morgan fingerprint density at radius 1 is 1.32 bits per heavy atom. The molecule has 0 aromatic heterocycles. The van der Waals surface area contributed by atoms with Crippen molar-refractivity contribution in [2.75, 3.05) is 33.4 Å². The molecule has 1 aliphatic heterocycles. The van der Waals surface area contributed by atoms with Crippen molar-refractivity contribution in [2.45, 2.75) is 26.6 Å². The van der Waals surface area contributed by atoms with Crippen molar-refractivity contribution < 1.29 is 14.3 Å². The highest BCUT2D eigenvalue weighted by molar-refractivity contribution is 5.13. The van der Waals surface area contributed by atoms with Gasteiger partial charge < -0.3 is 14.3 Å². The van der Waals surface area contributed by atoms with Crippen molar-refractivity contribution in [2.24, 2.45) is 0 Å². The second-order valence-electron chi connectivity index (χ2n) is 4.82. The minimum atomic E-state index is -0.289. The predicted octanol–water partition coefficient (Wildman–Crippen LogP) is 2.49. The second kappa shape index (κ2) is 7.60. The van der Waals surface area contributed by atoms with Crippen LogP contribution in [0.15, 0.2) is 30.3 Å². The normalized spacial score (nSPS) is 23.9. The van der Waals surface area contributed by atoms with Gasteiger partial charge in [-0.15, -0.1) is 0 Å². The van der Waals surface area contributed by atoms with Crippen LogP contribution in [0.2, 0.25) is 0 Å². The van der Waals surface area contributed by atoms with Gasteiger partial charge in [-0.05, 0) is 12.5 Å². The molecule has 0 bridgehead atoms. The van der Waals surface area contributed by atoms with E-state index in [2.05, 4.69) is 19.1 Å².